The molecule has 14 heavy (non-hydrogen) atoms. The highest BCUT2D eigenvalue weighted by molar-refractivity contribution is 9.10. The summed E-state index contributed by atoms with van der Waals surface area (Å²) in [5, 5.41) is 0. The Balaban J connectivity index is 2.63. The number of nitrogen functional groups attached to an aromatic ring is 1. The highest BCUT2D eigenvalue weighted by Gasteiger charge is 2.06. The predicted molar refractivity (Wildman–Crippen MR) is 60.5 cm³/mol. The third-order valence-electron chi connectivity index (χ3n) is 1.87. The molecule has 78 valence electrons. The van der Waals surface area contributed by atoms with Crippen molar-refractivity contribution in [3.8, 4) is 5.75 Å². The van der Waals surface area contributed by atoms with E-state index in [-0.39, 0.29) is 6.10 Å². The Bertz CT molecular complexity index is 304. The van der Waals surface area contributed by atoms with Crippen LogP contribution in [0.4, 0.5) is 5.69 Å². The molecular weight excluding hydrogens is 246 g/mol. The zero-order chi connectivity index (χ0) is 10.6. The Morgan fingerprint density at radius 1 is 1.50 bits per heavy atom. The van der Waals surface area contributed by atoms with Gasteiger partial charge < -0.3 is 15.2 Å². The minimum absolute atomic E-state index is 0.0725. The standard InChI is InChI=1S/C10H14BrNO2/c1-7(13-2)6-14-9-5-3-4-8(12)10(9)11/h3-5,7H,6,12H2,1-2H3. The molecule has 0 aromatic heterocycles. The molecule has 0 radical (unpaired) electrons. The van der Waals surface area contributed by atoms with E-state index in [0.29, 0.717) is 12.3 Å². The molecule has 0 saturated heterocycles. The second kappa shape index (κ2) is 5.22. The van der Waals surface area contributed by atoms with Crippen LogP contribution in [0.1, 0.15) is 6.92 Å². The van der Waals surface area contributed by atoms with Crippen LogP contribution in [0, 0.1) is 0 Å². The smallest absolute Gasteiger partial charge is 0.135 e. The van der Waals surface area contributed by atoms with Gasteiger partial charge in [-0.2, -0.15) is 0 Å². The van der Waals surface area contributed by atoms with Crippen molar-refractivity contribution < 1.29 is 9.47 Å². The lowest BCUT2D eigenvalue weighted by Gasteiger charge is -2.13. The summed E-state index contributed by atoms with van der Waals surface area (Å²) in [7, 11) is 1.66. The number of methoxy groups -OCH3 is 1. The maximum atomic E-state index is 5.70. The van der Waals surface area contributed by atoms with Crippen LogP contribution in [0.15, 0.2) is 22.7 Å². The molecule has 1 aromatic rings. The molecule has 4 heteroatoms. The van der Waals surface area contributed by atoms with E-state index >= 15 is 0 Å². The van der Waals surface area contributed by atoms with E-state index < -0.39 is 0 Å². The van der Waals surface area contributed by atoms with Crippen LogP contribution in [-0.4, -0.2) is 19.8 Å². The van der Waals surface area contributed by atoms with Crippen molar-refractivity contribution in [2.45, 2.75) is 13.0 Å². The zero-order valence-electron chi connectivity index (χ0n) is 8.29. The third-order valence-corrected chi connectivity index (χ3v) is 2.72. The number of nitrogens with two attached hydrogens (primary N) is 1. The molecule has 0 saturated carbocycles. The highest BCUT2D eigenvalue weighted by atomic mass is 79.9. The summed E-state index contributed by atoms with van der Waals surface area (Å²) in [6.07, 6.45) is 0.0725. The number of hydrogen-bond acceptors (Lipinski definition) is 3. The lowest BCUT2D eigenvalue weighted by Crippen LogP contribution is -2.16. The molecule has 1 unspecified atom stereocenters. The van der Waals surface area contributed by atoms with Crippen LogP contribution in [0.3, 0.4) is 0 Å². The van der Waals surface area contributed by atoms with Gasteiger partial charge in [-0.05, 0) is 35.0 Å². The van der Waals surface area contributed by atoms with E-state index in [1.165, 1.54) is 0 Å². The van der Waals surface area contributed by atoms with Crippen molar-refractivity contribution in [2.24, 2.45) is 0 Å². The monoisotopic (exact) mass is 259 g/mol. The molecule has 1 atom stereocenters. The number of ether oxygens (including phenoxy) is 2. The van der Waals surface area contributed by atoms with Crippen molar-refractivity contribution >= 4 is 21.6 Å². The Hall–Kier alpha value is -0.740. The Morgan fingerprint density at radius 3 is 2.86 bits per heavy atom. The van der Waals surface area contributed by atoms with Gasteiger partial charge in [0.05, 0.1) is 10.6 Å². The quantitative estimate of drug-likeness (QED) is 0.845. The summed E-state index contributed by atoms with van der Waals surface area (Å²) in [5.41, 5.74) is 6.38. The number of halogens is 1. The first-order valence-corrected chi connectivity index (χ1v) is 5.14. The summed E-state index contributed by atoms with van der Waals surface area (Å²) in [5.74, 6) is 0.744. The van der Waals surface area contributed by atoms with E-state index in [2.05, 4.69) is 15.9 Å². The Labute approximate surface area is 92.3 Å². The van der Waals surface area contributed by atoms with E-state index in [1.54, 1.807) is 7.11 Å². The maximum Gasteiger partial charge on any atom is 0.135 e. The summed E-state index contributed by atoms with van der Waals surface area (Å²) >= 11 is 3.36. The SMILES string of the molecule is COC(C)COc1cccc(N)c1Br. The minimum atomic E-state index is 0.0725. The first-order valence-electron chi connectivity index (χ1n) is 4.34. The fraction of sp³-hybridized carbons (Fsp3) is 0.400. The molecule has 0 spiro atoms. The van der Waals surface area contributed by atoms with Crippen LogP contribution >= 0.6 is 15.9 Å². The van der Waals surface area contributed by atoms with Gasteiger partial charge in [0.25, 0.3) is 0 Å². The van der Waals surface area contributed by atoms with Crippen LogP contribution in [0.25, 0.3) is 0 Å². The minimum Gasteiger partial charge on any atom is -0.490 e. The van der Waals surface area contributed by atoms with Gasteiger partial charge in [-0.3, -0.25) is 0 Å². The molecule has 0 aliphatic heterocycles. The Morgan fingerprint density at radius 2 is 2.21 bits per heavy atom. The van der Waals surface area contributed by atoms with Gasteiger partial charge in [0, 0.05) is 12.8 Å². The van der Waals surface area contributed by atoms with Gasteiger partial charge >= 0.3 is 0 Å². The summed E-state index contributed by atoms with van der Waals surface area (Å²) in [6, 6.07) is 5.53. The summed E-state index contributed by atoms with van der Waals surface area (Å²) in [4.78, 5) is 0. The van der Waals surface area contributed by atoms with Crippen molar-refractivity contribution in [3.05, 3.63) is 22.7 Å². The maximum absolute atomic E-state index is 5.70. The van der Waals surface area contributed by atoms with Crippen LogP contribution < -0.4 is 10.5 Å². The zero-order valence-corrected chi connectivity index (χ0v) is 9.87. The van der Waals surface area contributed by atoms with Gasteiger partial charge in [-0.15, -0.1) is 0 Å². The second-order valence-electron chi connectivity index (χ2n) is 3.02. The van der Waals surface area contributed by atoms with E-state index in [1.807, 2.05) is 25.1 Å². The van der Waals surface area contributed by atoms with Crippen molar-refractivity contribution in [2.75, 3.05) is 19.5 Å². The topological polar surface area (TPSA) is 44.5 Å². The highest BCUT2D eigenvalue weighted by Crippen LogP contribution is 2.30. The molecule has 1 rings (SSSR count). The average molecular weight is 260 g/mol. The summed E-state index contributed by atoms with van der Waals surface area (Å²) in [6.45, 7) is 2.46. The molecular formula is C10H14BrNO2. The molecule has 0 heterocycles. The van der Waals surface area contributed by atoms with Gasteiger partial charge in [0.15, 0.2) is 0 Å². The third kappa shape index (κ3) is 2.89. The van der Waals surface area contributed by atoms with E-state index in [9.17, 15) is 0 Å². The first-order chi connectivity index (χ1) is 6.65. The predicted octanol–water partition coefficient (Wildman–Crippen LogP) is 2.45. The fourth-order valence-corrected chi connectivity index (χ4v) is 1.29. The number of hydrogen-bond donors (Lipinski definition) is 1. The average Bonchev–Trinajstić information content (AvgIpc) is 2.20. The number of rotatable bonds is 4. The fourth-order valence-electron chi connectivity index (χ4n) is 0.914. The Kier molecular flexibility index (Phi) is 4.22. The van der Waals surface area contributed by atoms with Crippen LogP contribution in [0.2, 0.25) is 0 Å². The molecule has 3 nitrogen and oxygen atoms in total. The van der Waals surface area contributed by atoms with Crippen molar-refractivity contribution in [3.63, 3.8) is 0 Å². The van der Waals surface area contributed by atoms with Gasteiger partial charge in [-0.25, -0.2) is 0 Å². The van der Waals surface area contributed by atoms with E-state index in [4.69, 9.17) is 15.2 Å². The number of benzene rings is 1. The lowest BCUT2D eigenvalue weighted by molar-refractivity contribution is 0.0714. The normalized spacial score (nSPS) is 12.5. The lowest BCUT2D eigenvalue weighted by atomic mass is 10.3. The van der Waals surface area contributed by atoms with Gasteiger partial charge in [0.1, 0.15) is 12.4 Å². The van der Waals surface area contributed by atoms with E-state index in [0.717, 1.165) is 10.2 Å². The van der Waals surface area contributed by atoms with Crippen molar-refractivity contribution in [1.29, 1.82) is 0 Å². The van der Waals surface area contributed by atoms with Gasteiger partial charge in [0.2, 0.25) is 0 Å². The molecule has 0 bridgehead atoms. The molecule has 0 fully saturated rings. The molecule has 2 N–H and O–H groups in total. The first kappa shape index (κ1) is 11.3. The largest absolute Gasteiger partial charge is 0.490 e. The second-order valence-corrected chi connectivity index (χ2v) is 3.81. The van der Waals surface area contributed by atoms with Crippen LogP contribution in [-0.2, 0) is 4.74 Å². The molecule has 1 aromatic carbocycles. The summed E-state index contributed by atoms with van der Waals surface area (Å²) < 4.78 is 11.4. The molecule has 0 aliphatic carbocycles. The van der Waals surface area contributed by atoms with Gasteiger partial charge in [-0.1, -0.05) is 6.07 Å². The number of anilines is 1. The van der Waals surface area contributed by atoms with Crippen LogP contribution in [0.5, 0.6) is 5.75 Å². The van der Waals surface area contributed by atoms with Crippen molar-refractivity contribution in [1.82, 2.24) is 0 Å². The molecule has 0 amide bonds. The molecule has 0 aliphatic rings.